The zero-order valence-corrected chi connectivity index (χ0v) is 9.07. The lowest BCUT2D eigenvalue weighted by atomic mass is 10.1. The fourth-order valence-electron chi connectivity index (χ4n) is 1.25. The number of anilines is 1. The standard InChI is InChI=1S/C12H15NO3/c1-2-3-10-4-6-11(7-5-10)13-12(15)16-9-8-14/h4-7H,1-3,8-9H2,(H,13,15). The lowest BCUT2D eigenvalue weighted by Crippen LogP contribution is -2.15. The van der Waals surface area contributed by atoms with E-state index in [-0.39, 0.29) is 6.61 Å². The summed E-state index contributed by atoms with van der Waals surface area (Å²) in [5.74, 6) is 0. The van der Waals surface area contributed by atoms with Gasteiger partial charge in [-0.25, -0.2) is 9.90 Å². The Bertz CT molecular complexity index is 322. The SMILES string of the molecule is [CH2]CCc1ccc(NC(=O)OCC[O])cc1. The molecule has 0 atom stereocenters. The molecular weight excluding hydrogens is 206 g/mol. The molecule has 0 bridgehead atoms. The number of carbonyl (C=O) groups is 1. The van der Waals surface area contributed by atoms with Gasteiger partial charge in [0.25, 0.3) is 0 Å². The smallest absolute Gasteiger partial charge is 0.411 e. The van der Waals surface area contributed by atoms with E-state index in [1.807, 2.05) is 12.1 Å². The summed E-state index contributed by atoms with van der Waals surface area (Å²) in [6.07, 6.45) is 1.17. The summed E-state index contributed by atoms with van der Waals surface area (Å²) in [5.41, 5.74) is 1.83. The van der Waals surface area contributed by atoms with Gasteiger partial charge in [-0.05, 0) is 30.5 Å². The van der Waals surface area contributed by atoms with E-state index >= 15 is 0 Å². The first-order chi connectivity index (χ1) is 7.76. The Morgan fingerprint density at radius 2 is 2.00 bits per heavy atom. The first-order valence-corrected chi connectivity index (χ1v) is 5.16. The zero-order valence-electron chi connectivity index (χ0n) is 9.07. The predicted molar refractivity (Wildman–Crippen MR) is 60.6 cm³/mol. The number of carbonyl (C=O) groups excluding carboxylic acids is 1. The van der Waals surface area contributed by atoms with E-state index in [0.29, 0.717) is 5.69 Å². The minimum atomic E-state index is -0.597. The molecule has 0 heterocycles. The number of aryl methyl sites for hydroxylation is 1. The fourth-order valence-corrected chi connectivity index (χ4v) is 1.25. The fraction of sp³-hybridized carbons (Fsp3) is 0.333. The average molecular weight is 221 g/mol. The van der Waals surface area contributed by atoms with E-state index < -0.39 is 12.7 Å². The van der Waals surface area contributed by atoms with E-state index in [2.05, 4.69) is 17.0 Å². The van der Waals surface area contributed by atoms with E-state index in [9.17, 15) is 9.90 Å². The number of nitrogens with one attached hydrogen (secondary N) is 1. The summed E-state index contributed by atoms with van der Waals surface area (Å²) in [4.78, 5) is 11.1. The largest absolute Gasteiger partial charge is 0.447 e. The van der Waals surface area contributed by atoms with Gasteiger partial charge < -0.3 is 4.74 Å². The molecule has 1 rings (SSSR count). The van der Waals surface area contributed by atoms with Crippen LogP contribution in [-0.2, 0) is 16.3 Å². The molecule has 0 fully saturated rings. The Hall–Kier alpha value is -1.55. The summed E-state index contributed by atoms with van der Waals surface area (Å²) < 4.78 is 4.60. The van der Waals surface area contributed by atoms with E-state index in [0.717, 1.165) is 12.8 Å². The van der Waals surface area contributed by atoms with Gasteiger partial charge in [0.05, 0.1) is 0 Å². The zero-order chi connectivity index (χ0) is 11.8. The van der Waals surface area contributed by atoms with Crippen LogP contribution < -0.4 is 5.32 Å². The molecule has 0 aliphatic heterocycles. The van der Waals surface area contributed by atoms with Crippen molar-refractivity contribution in [3.63, 3.8) is 0 Å². The summed E-state index contributed by atoms with van der Waals surface area (Å²) in [6, 6.07) is 7.44. The van der Waals surface area contributed by atoms with Gasteiger partial charge >= 0.3 is 6.09 Å². The maximum Gasteiger partial charge on any atom is 0.411 e. The highest BCUT2D eigenvalue weighted by molar-refractivity contribution is 5.84. The third kappa shape index (κ3) is 4.31. The van der Waals surface area contributed by atoms with Crippen LogP contribution in [0, 0.1) is 6.92 Å². The Morgan fingerprint density at radius 3 is 2.56 bits per heavy atom. The topological polar surface area (TPSA) is 58.2 Å². The second-order valence-electron chi connectivity index (χ2n) is 3.27. The molecule has 0 aromatic heterocycles. The van der Waals surface area contributed by atoms with E-state index in [1.54, 1.807) is 12.1 Å². The van der Waals surface area contributed by atoms with Gasteiger partial charge in [0.2, 0.25) is 0 Å². The molecule has 86 valence electrons. The van der Waals surface area contributed by atoms with Crippen molar-refractivity contribution in [3.05, 3.63) is 36.8 Å². The molecule has 0 unspecified atom stereocenters. The Kier molecular flexibility index (Phi) is 5.36. The van der Waals surface area contributed by atoms with Crippen molar-refractivity contribution in [2.45, 2.75) is 12.8 Å². The van der Waals surface area contributed by atoms with Crippen molar-refractivity contribution in [1.29, 1.82) is 0 Å². The molecule has 1 N–H and O–H groups in total. The highest BCUT2D eigenvalue weighted by Crippen LogP contribution is 2.11. The van der Waals surface area contributed by atoms with Crippen LogP contribution in [0.1, 0.15) is 12.0 Å². The molecule has 1 aromatic rings. The first kappa shape index (κ1) is 12.5. The molecule has 2 radical (unpaired) electrons. The lowest BCUT2D eigenvalue weighted by molar-refractivity contribution is 0.101. The van der Waals surface area contributed by atoms with Gasteiger partial charge in [-0.1, -0.05) is 19.1 Å². The summed E-state index contributed by atoms with van der Waals surface area (Å²) in [7, 11) is 0. The number of benzene rings is 1. The van der Waals surface area contributed by atoms with E-state index in [1.165, 1.54) is 5.56 Å². The van der Waals surface area contributed by atoms with Crippen molar-refractivity contribution in [1.82, 2.24) is 0 Å². The normalized spacial score (nSPS) is 9.88. The highest BCUT2D eigenvalue weighted by Gasteiger charge is 2.02. The summed E-state index contributed by atoms with van der Waals surface area (Å²) in [6.45, 7) is 3.24. The molecular formula is C12H15NO3. The van der Waals surface area contributed by atoms with Gasteiger partial charge in [0.15, 0.2) is 0 Å². The third-order valence-corrected chi connectivity index (χ3v) is 1.98. The second-order valence-corrected chi connectivity index (χ2v) is 3.27. The molecule has 0 aliphatic rings. The molecule has 4 nitrogen and oxygen atoms in total. The maximum absolute atomic E-state index is 11.1. The first-order valence-electron chi connectivity index (χ1n) is 5.16. The van der Waals surface area contributed by atoms with Crippen LogP contribution in [0.5, 0.6) is 0 Å². The molecule has 0 saturated carbocycles. The predicted octanol–water partition coefficient (Wildman–Crippen LogP) is 2.43. The minimum absolute atomic E-state index is 0.106. The van der Waals surface area contributed by atoms with Crippen LogP contribution in [0.25, 0.3) is 0 Å². The highest BCUT2D eigenvalue weighted by atomic mass is 16.6. The van der Waals surface area contributed by atoms with Crippen molar-refractivity contribution in [3.8, 4) is 0 Å². The van der Waals surface area contributed by atoms with Gasteiger partial charge in [-0.3, -0.25) is 5.32 Å². The van der Waals surface area contributed by atoms with Crippen molar-refractivity contribution < 1.29 is 14.6 Å². The number of ether oxygens (including phenoxy) is 1. The van der Waals surface area contributed by atoms with Crippen molar-refractivity contribution >= 4 is 11.8 Å². The maximum atomic E-state index is 11.1. The van der Waals surface area contributed by atoms with Crippen LogP contribution in [-0.4, -0.2) is 19.3 Å². The van der Waals surface area contributed by atoms with Gasteiger partial charge in [0, 0.05) is 5.69 Å². The molecule has 1 aromatic carbocycles. The number of amides is 1. The van der Waals surface area contributed by atoms with Crippen molar-refractivity contribution in [2.24, 2.45) is 0 Å². The molecule has 16 heavy (non-hydrogen) atoms. The second kappa shape index (κ2) is 6.85. The van der Waals surface area contributed by atoms with Gasteiger partial charge in [-0.2, -0.15) is 0 Å². The molecule has 0 spiro atoms. The van der Waals surface area contributed by atoms with Crippen LogP contribution in [0.3, 0.4) is 0 Å². The van der Waals surface area contributed by atoms with Crippen molar-refractivity contribution in [2.75, 3.05) is 18.5 Å². The number of rotatable bonds is 5. The van der Waals surface area contributed by atoms with Gasteiger partial charge in [0.1, 0.15) is 13.2 Å². The molecule has 4 heteroatoms. The Morgan fingerprint density at radius 1 is 1.31 bits per heavy atom. The Labute approximate surface area is 95.2 Å². The number of hydrogen-bond acceptors (Lipinski definition) is 2. The molecule has 0 saturated heterocycles. The molecule has 1 amide bonds. The average Bonchev–Trinajstić information content (AvgIpc) is 2.29. The van der Waals surface area contributed by atoms with Crippen LogP contribution >= 0.6 is 0 Å². The van der Waals surface area contributed by atoms with Crippen LogP contribution in [0.15, 0.2) is 24.3 Å². The number of hydrogen-bond donors (Lipinski definition) is 1. The van der Waals surface area contributed by atoms with Gasteiger partial charge in [-0.15, -0.1) is 0 Å². The van der Waals surface area contributed by atoms with Crippen LogP contribution in [0.2, 0.25) is 0 Å². The molecule has 0 aliphatic carbocycles. The third-order valence-electron chi connectivity index (χ3n) is 1.98. The quantitative estimate of drug-likeness (QED) is 0.830. The van der Waals surface area contributed by atoms with Crippen LogP contribution in [0.4, 0.5) is 10.5 Å². The van der Waals surface area contributed by atoms with E-state index in [4.69, 9.17) is 0 Å². The minimum Gasteiger partial charge on any atom is -0.447 e. The summed E-state index contributed by atoms with van der Waals surface area (Å²) >= 11 is 0. The summed E-state index contributed by atoms with van der Waals surface area (Å²) in [5, 5.41) is 12.6. The lowest BCUT2D eigenvalue weighted by Gasteiger charge is -2.06. The Balaban J connectivity index is 2.45. The monoisotopic (exact) mass is 221 g/mol.